The second-order valence-corrected chi connectivity index (χ2v) is 7.13. The summed E-state index contributed by atoms with van der Waals surface area (Å²) in [5.74, 6) is 1.33. The zero-order valence-corrected chi connectivity index (χ0v) is 15.1. The number of benzene rings is 2. The predicted molar refractivity (Wildman–Crippen MR) is 100 cm³/mol. The summed E-state index contributed by atoms with van der Waals surface area (Å²) in [7, 11) is -0.364. The second kappa shape index (κ2) is 7.40. The van der Waals surface area contributed by atoms with Crippen LogP contribution in [0.1, 0.15) is 0 Å². The lowest BCUT2D eigenvalue weighted by Crippen LogP contribution is -2.16. The Labute approximate surface area is 152 Å². The predicted octanol–water partition coefficient (Wildman–Crippen LogP) is 3.05. The molecule has 0 saturated carbocycles. The van der Waals surface area contributed by atoms with Crippen LogP contribution < -0.4 is 14.4 Å². The van der Waals surface area contributed by atoms with Gasteiger partial charge in [-0.15, -0.1) is 10.2 Å². The van der Waals surface area contributed by atoms with Gasteiger partial charge in [-0.05, 0) is 48.5 Å². The molecule has 0 atom stereocenters. The SMILES string of the molecule is COc1ccc(S(=O)(=O)Nc2ccc(N(C)c3ccccc3)nn2)cc1. The molecule has 0 unspecified atom stereocenters. The highest BCUT2D eigenvalue weighted by atomic mass is 32.2. The van der Waals surface area contributed by atoms with Gasteiger partial charge >= 0.3 is 0 Å². The van der Waals surface area contributed by atoms with Crippen LogP contribution >= 0.6 is 0 Å². The highest BCUT2D eigenvalue weighted by Crippen LogP contribution is 2.22. The third kappa shape index (κ3) is 3.92. The van der Waals surface area contributed by atoms with Crippen molar-refractivity contribution in [2.75, 3.05) is 23.8 Å². The Kier molecular flexibility index (Phi) is 5.04. The monoisotopic (exact) mass is 370 g/mol. The van der Waals surface area contributed by atoms with Crippen molar-refractivity contribution in [1.29, 1.82) is 0 Å². The summed E-state index contributed by atoms with van der Waals surface area (Å²) >= 11 is 0. The van der Waals surface area contributed by atoms with Crippen molar-refractivity contribution >= 4 is 27.3 Å². The molecule has 0 amide bonds. The van der Waals surface area contributed by atoms with Crippen LogP contribution in [0, 0.1) is 0 Å². The summed E-state index contributed by atoms with van der Waals surface area (Å²) in [5.41, 5.74) is 0.952. The van der Waals surface area contributed by atoms with Crippen LogP contribution in [0.3, 0.4) is 0 Å². The normalized spacial score (nSPS) is 11.0. The Hall–Kier alpha value is -3.13. The maximum Gasteiger partial charge on any atom is 0.263 e. The number of hydrogen-bond donors (Lipinski definition) is 1. The Morgan fingerprint density at radius 3 is 2.19 bits per heavy atom. The van der Waals surface area contributed by atoms with E-state index in [9.17, 15) is 8.42 Å². The fraction of sp³-hybridized carbons (Fsp3) is 0.111. The number of aromatic nitrogens is 2. The molecule has 0 radical (unpaired) electrons. The fourth-order valence-corrected chi connectivity index (χ4v) is 3.29. The number of hydrogen-bond acceptors (Lipinski definition) is 6. The molecule has 8 heteroatoms. The molecule has 0 aliphatic heterocycles. The minimum atomic E-state index is -3.75. The summed E-state index contributed by atoms with van der Waals surface area (Å²) in [6.45, 7) is 0. The zero-order chi connectivity index (χ0) is 18.6. The first kappa shape index (κ1) is 17.7. The van der Waals surface area contributed by atoms with Crippen molar-refractivity contribution in [2.24, 2.45) is 0 Å². The summed E-state index contributed by atoms with van der Waals surface area (Å²) in [6, 6.07) is 19.0. The van der Waals surface area contributed by atoms with Gasteiger partial charge in [-0.2, -0.15) is 0 Å². The van der Waals surface area contributed by atoms with Gasteiger partial charge in [0.15, 0.2) is 11.6 Å². The lowest BCUT2D eigenvalue weighted by Gasteiger charge is -2.17. The van der Waals surface area contributed by atoms with Crippen molar-refractivity contribution in [3.63, 3.8) is 0 Å². The highest BCUT2D eigenvalue weighted by Gasteiger charge is 2.15. The average molecular weight is 370 g/mol. The van der Waals surface area contributed by atoms with E-state index in [-0.39, 0.29) is 10.7 Å². The van der Waals surface area contributed by atoms with Crippen molar-refractivity contribution in [1.82, 2.24) is 10.2 Å². The maximum absolute atomic E-state index is 12.4. The van der Waals surface area contributed by atoms with Crippen molar-refractivity contribution in [2.45, 2.75) is 4.90 Å². The Bertz CT molecular complexity index is 960. The molecule has 0 spiro atoms. The number of nitrogens with zero attached hydrogens (tertiary/aromatic N) is 3. The van der Waals surface area contributed by atoms with Crippen LogP contribution in [0.15, 0.2) is 71.6 Å². The van der Waals surface area contributed by atoms with Crippen LogP contribution in [-0.2, 0) is 10.0 Å². The molecule has 0 aliphatic carbocycles. The molecule has 0 aliphatic rings. The summed E-state index contributed by atoms with van der Waals surface area (Å²) in [4.78, 5) is 1.97. The molecule has 1 N–H and O–H groups in total. The van der Waals surface area contributed by atoms with Gasteiger partial charge in [0.05, 0.1) is 12.0 Å². The van der Waals surface area contributed by atoms with Crippen LogP contribution in [0.5, 0.6) is 5.75 Å². The molecular formula is C18H18N4O3S. The minimum Gasteiger partial charge on any atom is -0.497 e. The standard InChI is InChI=1S/C18H18N4O3S/c1-22(14-6-4-3-5-7-14)18-13-12-17(19-20-18)21-26(23,24)16-10-8-15(25-2)9-11-16/h3-13H,1-2H3,(H,19,21). The van der Waals surface area contributed by atoms with Gasteiger partial charge in [-0.25, -0.2) is 8.42 Å². The van der Waals surface area contributed by atoms with Gasteiger partial charge in [0.1, 0.15) is 5.75 Å². The topological polar surface area (TPSA) is 84.4 Å². The molecule has 26 heavy (non-hydrogen) atoms. The number of anilines is 3. The first-order chi connectivity index (χ1) is 12.5. The molecule has 134 valence electrons. The van der Waals surface area contributed by atoms with Crippen molar-refractivity contribution < 1.29 is 13.2 Å². The zero-order valence-electron chi connectivity index (χ0n) is 14.3. The Morgan fingerprint density at radius 1 is 0.923 bits per heavy atom. The van der Waals surface area contributed by atoms with Gasteiger partial charge in [-0.3, -0.25) is 4.72 Å². The third-order valence-electron chi connectivity index (χ3n) is 3.75. The van der Waals surface area contributed by atoms with Crippen LogP contribution in [0.25, 0.3) is 0 Å². The highest BCUT2D eigenvalue weighted by molar-refractivity contribution is 7.92. The van der Waals surface area contributed by atoms with Crippen molar-refractivity contribution in [3.05, 3.63) is 66.7 Å². The Morgan fingerprint density at radius 2 is 1.62 bits per heavy atom. The molecule has 0 fully saturated rings. The molecular weight excluding hydrogens is 352 g/mol. The number of nitrogens with one attached hydrogen (secondary N) is 1. The first-order valence-electron chi connectivity index (χ1n) is 7.79. The minimum absolute atomic E-state index is 0.116. The van der Waals surface area contributed by atoms with Gasteiger partial charge in [-0.1, -0.05) is 18.2 Å². The molecule has 0 bridgehead atoms. The molecule has 3 rings (SSSR count). The first-order valence-corrected chi connectivity index (χ1v) is 9.27. The second-order valence-electron chi connectivity index (χ2n) is 5.45. The van der Waals surface area contributed by atoms with E-state index < -0.39 is 10.0 Å². The van der Waals surface area contributed by atoms with Crippen LogP contribution in [-0.4, -0.2) is 32.8 Å². The van der Waals surface area contributed by atoms with E-state index in [1.807, 2.05) is 42.3 Å². The van der Waals surface area contributed by atoms with E-state index in [1.54, 1.807) is 24.3 Å². The number of methoxy groups -OCH3 is 1. The molecule has 1 heterocycles. The molecule has 0 saturated heterocycles. The van der Waals surface area contributed by atoms with Crippen molar-refractivity contribution in [3.8, 4) is 5.75 Å². The summed E-state index contributed by atoms with van der Waals surface area (Å²) in [6.07, 6.45) is 0. The van der Waals surface area contributed by atoms with Gasteiger partial charge < -0.3 is 9.64 Å². The summed E-state index contributed by atoms with van der Waals surface area (Å²) in [5, 5.41) is 8.05. The van der Waals surface area contributed by atoms with E-state index >= 15 is 0 Å². The summed E-state index contributed by atoms with van der Waals surface area (Å²) < 4.78 is 32.3. The van der Waals surface area contributed by atoms with E-state index in [4.69, 9.17) is 4.74 Å². The number of sulfonamides is 1. The fourth-order valence-electron chi connectivity index (χ4n) is 2.29. The number of rotatable bonds is 6. The molecule has 2 aromatic carbocycles. The number of para-hydroxylation sites is 1. The Balaban J connectivity index is 1.76. The molecule has 3 aromatic rings. The lowest BCUT2D eigenvalue weighted by atomic mass is 10.3. The smallest absolute Gasteiger partial charge is 0.263 e. The quantitative estimate of drug-likeness (QED) is 0.718. The van der Waals surface area contributed by atoms with Gasteiger partial charge in [0.2, 0.25) is 0 Å². The van der Waals surface area contributed by atoms with Gasteiger partial charge in [0.25, 0.3) is 10.0 Å². The van der Waals surface area contributed by atoms with E-state index in [0.717, 1.165) is 5.69 Å². The van der Waals surface area contributed by atoms with E-state index in [1.165, 1.54) is 19.2 Å². The van der Waals surface area contributed by atoms with E-state index in [0.29, 0.717) is 11.6 Å². The largest absolute Gasteiger partial charge is 0.497 e. The number of ether oxygens (including phenoxy) is 1. The van der Waals surface area contributed by atoms with Crippen LogP contribution in [0.4, 0.5) is 17.3 Å². The van der Waals surface area contributed by atoms with Crippen LogP contribution in [0.2, 0.25) is 0 Å². The lowest BCUT2D eigenvalue weighted by molar-refractivity contribution is 0.414. The molecule has 7 nitrogen and oxygen atoms in total. The molecule has 1 aromatic heterocycles. The maximum atomic E-state index is 12.4. The average Bonchev–Trinajstić information content (AvgIpc) is 2.68. The third-order valence-corrected chi connectivity index (χ3v) is 5.12. The van der Waals surface area contributed by atoms with E-state index in [2.05, 4.69) is 14.9 Å². The van der Waals surface area contributed by atoms with Gasteiger partial charge in [0, 0.05) is 12.7 Å².